The van der Waals surface area contributed by atoms with Crippen LogP contribution < -0.4 is 15.0 Å². The summed E-state index contributed by atoms with van der Waals surface area (Å²) >= 11 is 6.56. The number of amides is 2. The first kappa shape index (κ1) is 23.7. The maximum atomic E-state index is 12.7. The number of rotatable bonds is 8. The molecule has 2 amide bonds. The molecule has 0 bridgehead atoms. The maximum absolute atomic E-state index is 12.7. The topological polar surface area (TPSA) is 75.0 Å². The zero-order valence-corrected chi connectivity index (χ0v) is 19.9. The third-order valence-electron chi connectivity index (χ3n) is 5.71. The minimum absolute atomic E-state index is 0.103. The van der Waals surface area contributed by atoms with E-state index in [4.69, 9.17) is 20.8 Å². The highest BCUT2D eigenvalue weighted by molar-refractivity contribution is 6.33. The van der Waals surface area contributed by atoms with E-state index in [0.717, 1.165) is 18.5 Å². The van der Waals surface area contributed by atoms with Gasteiger partial charge in [0.25, 0.3) is 11.8 Å². The Balaban J connectivity index is 1.35. The quantitative estimate of drug-likeness (QED) is 0.440. The molecule has 1 aromatic heterocycles. The van der Waals surface area contributed by atoms with E-state index in [1.165, 1.54) is 6.26 Å². The van der Waals surface area contributed by atoms with Crippen molar-refractivity contribution in [2.75, 3.05) is 43.0 Å². The van der Waals surface area contributed by atoms with Crippen molar-refractivity contribution in [1.82, 2.24) is 4.90 Å². The predicted molar refractivity (Wildman–Crippen MR) is 133 cm³/mol. The first-order valence-corrected chi connectivity index (χ1v) is 11.8. The van der Waals surface area contributed by atoms with Gasteiger partial charge in [0.05, 0.1) is 23.6 Å². The Morgan fingerprint density at radius 2 is 1.88 bits per heavy atom. The number of unbranched alkanes of at least 4 members (excludes halogenated alkanes) is 1. The summed E-state index contributed by atoms with van der Waals surface area (Å²) in [5.41, 5.74) is 2.00. The third kappa shape index (κ3) is 5.72. The van der Waals surface area contributed by atoms with Gasteiger partial charge < -0.3 is 24.3 Å². The lowest BCUT2D eigenvalue weighted by molar-refractivity contribution is 0.0714. The first-order valence-electron chi connectivity index (χ1n) is 11.5. The average Bonchev–Trinajstić information content (AvgIpc) is 3.39. The van der Waals surface area contributed by atoms with Crippen LogP contribution in [-0.4, -0.2) is 49.5 Å². The highest BCUT2D eigenvalue weighted by Gasteiger charge is 2.24. The standard InChI is InChI=1S/C26H28ClN3O4/c1-2-3-15-33-21-7-4-6-19(17-21)25(31)28-20-9-10-23(22(27)18-20)29-11-13-30(14-12-29)26(32)24-8-5-16-34-24/h4-10,16-18H,2-3,11-15H2,1H3,(H,28,31). The molecule has 8 heteroatoms. The number of halogens is 1. The van der Waals surface area contributed by atoms with E-state index in [0.29, 0.717) is 60.6 Å². The highest BCUT2D eigenvalue weighted by atomic mass is 35.5. The van der Waals surface area contributed by atoms with Gasteiger partial charge in [0.2, 0.25) is 0 Å². The fourth-order valence-electron chi connectivity index (χ4n) is 3.81. The number of nitrogens with zero attached hydrogens (tertiary/aromatic N) is 2. The normalized spacial score (nSPS) is 13.6. The summed E-state index contributed by atoms with van der Waals surface area (Å²) < 4.78 is 10.9. The zero-order chi connectivity index (χ0) is 23.9. The molecule has 0 atom stereocenters. The molecular weight excluding hydrogens is 454 g/mol. The Kier molecular flexibility index (Phi) is 7.75. The van der Waals surface area contributed by atoms with Gasteiger partial charge in [-0.1, -0.05) is 31.0 Å². The molecule has 1 fully saturated rings. The summed E-state index contributed by atoms with van der Waals surface area (Å²) in [5.74, 6) is 0.701. The summed E-state index contributed by atoms with van der Waals surface area (Å²) in [6.07, 6.45) is 3.52. The largest absolute Gasteiger partial charge is 0.494 e. The number of hydrogen-bond donors (Lipinski definition) is 1. The van der Waals surface area contributed by atoms with Gasteiger partial charge in [-0.25, -0.2) is 0 Å². The molecule has 3 aromatic rings. The minimum Gasteiger partial charge on any atom is -0.494 e. The van der Waals surface area contributed by atoms with Gasteiger partial charge in [-0.3, -0.25) is 9.59 Å². The number of benzene rings is 2. The first-order chi connectivity index (χ1) is 16.5. The summed E-state index contributed by atoms with van der Waals surface area (Å²) in [6, 6.07) is 16.0. The van der Waals surface area contributed by atoms with Crippen LogP contribution in [0.5, 0.6) is 5.75 Å². The number of carbonyl (C=O) groups is 2. The van der Waals surface area contributed by atoms with Gasteiger partial charge in [0.15, 0.2) is 5.76 Å². The van der Waals surface area contributed by atoms with Crippen LogP contribution in [0.15, 0.2) is 65.3 Å². The lowest BCUT2D eigenvalue weighted by Crippen LogP contribution is -2.48. The van der Waals surface area contributed by atoms with Gasteiger partial charge >= 0.3 is 0 Å². The van der Waals surface area contributed by atoms with Gasteiger partial charge in [-0.2, -0.15) is 0 Å². The molecule has 2 heterocycles. The molecule has 178 valence electrons. The van der Waals surface area contributed by atoms with E-state index in [9.17, 15) is 9.59 Å². The van der Waals surface area contributed by atoms with E-state index in [2.05, 4.69) is 17.1 Å². The number of ether oxygens (including phenoxy) is 1. The van der Waals surface area contributed by atoms with E-state index >= 15 is 0 Å². The Hall–Kier alpha value is -3.45. The zero-order valence-electron chi connectivity index (χ0n) is 19.1. The number of piperazine rings is 1. The molecular formula is C26H28ClN3O4. The van der Waals surface area contributed by atoms with Crippen molar-refractivity contribution in [3.05, 3.63) is 77.2 Å². The number of furan rings is 1. The van der Waals surface area contributed by atoms with Crippen LogP contribution in [0.25, 0.3) is 0 Å². The Morgan fingerprint density at radius 3 is 2.59 bits per heavy atom. The van der Waals surface area contributed by atoms with Crippen LogP contribution in [0.3, 0.4) is 0 Å². The maximum Gasteiger partial charge on any atom is 0.289 e. The van der Waals surface area contributed by atoms with E-state index in [-0.39, 0.29) is 11.8 Å². The monoisotopic (exact) mass is 481 g/mol. The molecule has 1 N–H and O–H groups in total. The molecule has 0 spiro atoms. The molecule has 1 aliphatic rings. The van der Waals surface area contributed by atoms with Crippen molar-refractivity contribution in [3.8, 4) is 5.75 Å². The SMILES string of the molecule is CCCCOc1cccc(C(=O)Nc2ccc(N3CCN(C(=O)c4ccco4)CC3)c(Cl)c2)c1. The van der Waals surface area contributed by atoms with Crippen LogP contribution in [0, 0.1) is 0 Å². The highest BCUT2D eigenvalue weighted by Crippen LogP contribution is 2.30. The van der Waals surface area contributed by atoms with Gasteiger partial charge in [0.1, 0.15) is 5.75 Å². The second-order valence-electron chi connectivity index (χ2n) is 8.11. The smallest absolute Gasteiger partial charge is 0.289 e. The summed E-state index contributed by atoms with van der Waals surface area (Å²) in [4.78, 5) is 29.1. The molecule has 0 saturated carbocycles. The molecule has 4 rings (SSSR count). The van der Waals surface area contributed by atoms with Crippen molar-refractivity contribution >= 4 is 34.8 Å². The van der Waals surface area contributed by atoms with Crippen molar-refractivity contribution in [2.24, 2.45) is 0 Å². The minimum atomic E-state index is -0.227. The lowest BCUT2D eigenvalue weighted by atomic mass is 10.2. The molecule has 7 nitrogen and oxygen atoms in total. The van der Waals surface area contributed by atoms with Gasteiger partial charge in [-0.05, 0) is 55.0 Å². The van der Waals surface area contributed by atoms with Crippen LogP contribution >= 0.6 is 11.6 Å². The molecule has 0 unspecified atom stereocenters. The lowest BCUT2D eigenvalue weighted by Gasteiger charge is -2.36. The molecule has 34 heavy (non-hydrogen) atoms. The molecule has 1 aliphatic heterocycles. The van der Waals surface area contributed by atoms with Crippen LogP contribution in [-0.2, 0) is 0 Å². The number of carbonyl (C=O) groups excluding carboxylic acids is 2. The Bertz CT molecular complexity index is 1120. The Labute approximate surface area is 204 Å². The van der Waals surface area contributed by atoms with E-state index in [1.54, 1.807) is 35.2 Å². The molecule has 0 radical (unpaired) electrons. The predicted octanol–water partition coefficient (Wildman–Crippen LogP) is 5.33. The fourth-order valence-corrected chi connectivity index (χ4v) is 4.11. The number of nitrogens with one attached hydrogen (secondary N) is 1. The van der Waals surface area contributed by atoms with Gasteiger partial charge in [-0.15, -0.1) is 0 Å². The van der Waals surface area contributed by atoms with Crippen LogP contribution in [0.2, 0.25) is 5.02 Å². The number of anilines is 2. The van der Waals surface area contributed by atoms with Crippen LogP contribution in [0.1, 0.15) is 40.7 Å². The Morgan fingerprint density at radius 1 is 1.06 bits per heavy atom. The average molecular weight is 482 g/mol. The molecule has 0 aliphatic carbocycles. The summed E-state index contributed by atoms with van der Waals surface area (Å²) in [6.45, 7) is 5.19. The molecule has 1 saturated heterocycles. The van der Waals surface area contributed by atoms with Crippen molar-refractivity contribution in [2.45, 2.75) is 19.8 Å². The summed E-state index contributed by atoms with van der Waals surface area (Å²) in [5, 5.41) is 3.44. The van der Waals surface area contributed by atoms with E-state index < -0.39 is 0 Å². The van der Waals surface area contributed by atoms with Crippen LogP contribution in [0.4, 0.5) is 11.4 Å². The second-order valence-corrected chi connectivity index (χ2v) is 8.51. The fraction of sp³-hybridized carbons (Fsp3) is 0.308. The number of hydrogen-bond acceptors (Lipinski definition) is 5. The molecule has 2 aromatic carbocycles. The third-order valence-corrected chi connectivity index (χ3v) is 6.01. The van der Waals surface area contributed by atoms with Gasteiger partial charge in [0, 0.05) is 37.4 Å². The van der Waals surface area contributed by atoms with Crippen molar-refractivity contribution in [3.63, 3.8) is 0 Å². The van der Waals surface area contributed by atoms with Crippen molar-refractivity contribution in [1.29, 1.82) is 0 Å². The van der Waals surface area contributed by atoms with Crippen molar-refractivity contribution < 1.29 is 18.7 Å². The second kappa shape index (κ2) is 11.1. The summed E-state index contributed by atoms with van der Waals surface area (Å²) in [7, 11) is 0. The van der Waals surface area contributed by atoms with E-state index in [1.807, 2.05) is 24.3 Å².